The molecule has 0 aliphatic heterocycles. The molecule has 0 aliphatic carbocycles. The molecule has 1 unspecified atom stereocenters. The van der Waals surface area contributed by atoms with Gasteiger partial charge in [0.15, 0.2) is 0 Å². The molecule has 0 spiro atoms. The number of hydrogen-bond donors (Lipinski definition) is 1. The van der Waals surface area contributed by atoms with Crippen LogP contribution in [-0.2, 0) is 5.41 Å². The summed E-state index contributed by atoms with van der Waals surface area (Å²) in [7, 11) is 0. The predicted molar refractivity (Wildman–Crippen MR) is 89.6 cm³/mol. The summed E-state index contributed by atoms with van der Waals surface area (Å²) in [5.41, 5.74) is 4.32. The molecule has 108 valence electrons. The summed E-state index contributed by atoms with van der Waals surface area (Å²) in [4.78, 5) is 0. The van der Waals surface area contributed by atoms with Crippen LogP contribution in [0.2, 0.25) is 0 Å². The van der Waals surface area contributed by atoms with Crippen LogP contribution < -0.4 is 5.32 Å². The fourth-order valence-corrected chi connectivity index (χ4v) is 3.02. The molecular formula is C18H25NS. The second-order valence-corrected chi connectivity index (χ2v) is 7.10. The molecule has 1 atom stereocenters. The van der Waals surface area contributed by atoms with E-state index in [2.05, 4.69) is 74.1 Å². The standard InChI is InChI=1S/C18H25NS/c1-5-11-19-17(15-10-12-20-13-15)14-6-8-16(9-7-14)18(2,3)4/h6-10,12-13,17,19H,5,11H2,1-4H3. The van der Waals surface area contributed by atoms with Gasteiger partial charge in [0, 0.05) is 0 Å². The van der Waals surface area contributed by atoms with Crippen LogP contribution in [0.4, 0.5) is 0 Å². The molecule has 20 heavy (non-hydrogen) atoms. The van der Waals surface area contributed by atoms with Crippen LogP contribution >= 0.6 is 11.3 Å². The lowest BCUT2D eigenvalue weighted by atomic mass is 9.86. The fourth-order valence-electron chi connectivity index (χ4n) is 2.33. The van der Waals surface area contributed by atoms with Crippen molar-refractivity contribution in [3.05, 3.63) is 57.8 Å². The molecule has 0 fully saturated rings. The average Bonchev–Trinajstić information content (AvgIpc) is 2.93. The van der Waals surface area contributed by atoms with Crippen molar-refractivity contribution in [1.29, 1.82) is 0 Å². The molecule has 0 amide bonds. The van der Waals surface area contributed by atoms with Gasteiger partial charge >= 0.3 is 0 Å². The van der Waals surface area contributed by atoms with E-state index in [1.807, 2.05) is 0 Å². The minimum absolute atomic E-state index is 0.216. The number of benzene rings is 1. The van der Waals surface area contributed by atoms with Gasteiger partial charge in [-0.3, -0.25) is 0 Å². The summed E-state index contributed by atoms with van der Waals surface area (Å²) in [6.07, 6.45) is 1.15. The number of rotatable bonds is 5. The molecule has 1 nitrogen and oxygen atoms in total. The zero-order valence-corrected chi connectivity index (χ0v) is 13.8. The summed E-state index contributed by atoms with van der Waals surface area (Å²) in [5, 5.41) is 8.05. The topological polar surface area (TPSA) is 12.0 Å². The maximum absolute atomic E-state index is 3.65. The number of nitrogens with one attached hydrogen (secondary N) is 1. The van der Waals surface area contributed by atoms with Crippen LogP contribution in [0.15, 0.2) is 41.1 Å². The smallest absolute Gasteiger partial charge is 0.0584 e. The summed E-state index contributed by atoms with van der Waals surface area (Å²) in [6.45, 7) is 10.0. The molecule has 0 aliphatic rings. The fraction of sp³-hybridized carbons (Fsp3) is 0.444. The molecule has 0 radical (unpaired) electrons. The lowest BCUT2D eigenvalue weighted by molar-refractivity contribution is 0.584. The molecule has 0 saturated heterocycles. The van der Waals surface area contributed by atoms with Gasteiger partial charge in [-0.1, -0.05) is 52.0 Å². The first-order chi connectivity index (χ1) is 9.52. The minimum Gasteiger partial charge on any atom is -0.306 e. The van der Waals surface area contributed by atoms with E-state index in [-0.39, 0.29) is 5.41 Å². The molecule has 2 heteroatoms. The maximum Gasteiger partial charge on any atom is 0.0584 e. The van der Waals surface area contributed by atoms with Crippen LogP contribution in [0.3, 0.4) is 0 Å². The average molecular weight is 287 g/mol. The highest BCUT2D eigenvalue weighted by molar-refractivity contribution is 7.08. The first-order valence-electron chi connectivity index (χ1n) is 7.38. The maximum atomic E-state index is 3.65. The van der Waals surface area contributed by atoms with E-state index in [1.54, 1.807) is 11.3 Å². The summed E-state index contributed by atoms with van der Waals surface area (Å²) in [5.74, 6) is 0. The van der Waals surface area contributed by atoms with Crippen molar-refractivity contribution in [1.82, 2.24) is 5.32 Å². The van der Waals surface area contributed by atoms with Crippen molar-refractivity contribution < 1.29 is 0 Å². The molecule has 1 N–H and O–H groups in total. The van der Waals surface area contributed by atoms with Crippen LogP contribution in [0.5, 0.6) is 0 Å². The second kappa shape index (κ2) is 6.55. The lowest BCUT2D eigenvalue weighted by Crippen LogP contribution is -2.23. The van der Waals surface area contributed by atoms with Crippen molar-refractivity contribution >= 4 is 11.3 Å². The van der Waals surface area contributed by atoms with E-state index < -0.39 is 0 Å². The zero-order chi connectivity index (χ0) is 14.6. The Hall–Kier alpha value is -1.12. The Morgan fingerprint density at radius 1 is 1.05 bits per heavy atom. The van der Waals surface area contributed by atoms with Gasteiger partial charge in [-0.05, 0) is 51.9 Å². The van der Waals surface area contributed by atoms with Gasteiger partial charge < -0.3 is 5.32 Å². The lowest BCUT2D eigenvalue weighted by Gasteiger charge is -2.22. The van der Waals surface area contributed by atoms with Gasteiger partial charge in [0.25, 0.3) is 0 Å². The first-order valence-corrected chi connectivity index (χ1v) is 8.32. The monoisotopic (exact) mass is 287 g/mol. The second-order valence-electron chi connectivity index (χ2n) is 6.32. The van der Waals surface area contributed by atoms with E-state index in [4.69, 9.17) is 0 Å². The van der Waals surface area contributed by atoms with E-state index in [9.17, 15) is 0 Å². The van der Waals surface area contributed by atoms with Crippen LogP contribution in [-0.4, -0.2) is 6.54 Å². The van der Waals surface area contributed by atoms with E-state index in [1.165, 1.54) is 16.7 Å². The largest absolute Gasteiger partial charge is 0.306 e. The Kier molecular flexibility index (Phi) is 5.00. The Morgan fingerprint density at radius 2 is 1.75 bits per heavy atom. The Labute approximate surface area is 127 Å². The minimum atomic E-state index is 0.216. The van der Waals surface area contributed by atoms with Gasteiger partial charge in [-0.25, -0.2) is 0 Å². The van der Waals surface area contributed by atoms with E-state index in [0.717, 1.165) is 13.0 Å². The van der Waals surface area contributed by atoms with Gasteiger partial charge in [0.2, 0.25) is 0 Å². The van der Waals surface area contributed by atoms with Gasteiger partial charge in [0.1, 0.15) is 0 Å². The van der Waals surface area contributed by atoms with Gasteiger partial charge in [0.05, 0.1) is 6.04 Å². The number of thiophene rings is 1. The van der Waals surface area contributed by atoms with Crippen LogP contribution in [0.1, 0.15) is 56.8 Å². The molecule has 2 aromatic rings. The first kappa shape index (κ1) is 15.3. The summed E-state index contributed by atoms with van der Waals surface area (Å²) >= 11 is 1.76. The molecule has 2 rings (SSSR count). The zero-order valence-electron chi connectivity index (χ0n) is 12.9. The third kappa shape index (κ3) is 3.71. The highest BCUT2D eigenvalue weighted by Crippen LogP contribution is 2.27. The van der Waals surface area contributed by atoms with Crippen LogP contribution in [0, 0.1) is 0 Å². The van der Waals surface area contributed by atoms with Crippen molar-refractivity contribution in [2.45, 2.75) is 45.6 Å². The number of hydrogen-bond acceptors (Lipinski definition) is 2. The molecule has 1 aromatic carbocycles. The third-order valence-electron chi connectivity index (χ3n) is 3.59. The van der Waals surface area contributed by atoms with Gasteiger partial charge in [-0.2, -0.15) is 11.3 Å². The highest BCUT2D eigenvalue weighted by atomic mass is 32.1. The molecular weight excluding hydrogens is 262 g/mol. The van der Waals surface area contributed by atoms with Crippen LogP contribution in [0.25, 0.3) is 0 Å². The van der Waals surface area contributed by atoms with Crippen molar-refractivity contribution in [2.75, 3.05) is 6.54 Å². The third-order valence-corrected chi connectivity index (χ3v) is 4.29. The predicted octanol–water partition coefficient (Wildman–Crippen LogP) is 5.13. The van der Waals surface area contributed by atoms with Gasteiger partial charge in [-0.15, -0.1) is 0 Å². The van der Waals surface area contributed by atoms with E-state index >= 15 is 0 Å². The Bertz CT molecular complexity index is 505. The Morgan fingerprint density at radius 3 is 2.25 bits per heavy atom. The normalized spacial score (nSPS) is 13.4. The summed E-state index contributed by atoms with van der Waals surface area (Å²) in [6, 6.07) is 11.6. The van der Waals surface area contributed by atoms with E-state index in [0.29, 0.717) is 6.04 Å². The molecule has 0 bridgehead atoms. The van der Waals surface area contributed by atoms with Crippen molar-refractivity contribution in [2.24, 2.45) is 0 Å². The summed E-state index contributed by atoms with van der Waals surface area (Å²) < 4.78 is 0. The Balaban J connectivity index is 2.25. The molecule has 1 heterocycles. The SMILES string of the molecule is CCCNC(c1ccc(C(C)(C)C)cc1)c1ccsc1. The van der Waals surface area contributed by atoms with Crippen molar-refractivity contribution in [3.8, 4) is 0 Å². The van der Waals surface area contributed by atoms with Crippen molar-refractivity contribution in [3.63, 3.8) is 0 Å². The molecule has 1 aromatic heterocycles. The quantitative estimate of drug-likeness (QED) is 0.803. The highest BCUT2D eigenvalue weighted by Gasteiger charge is 2.16. The molecule has 0 saturated carbocycles.